The van der Waals surface area contributed by atoms with Crippen LogP contribution in [0, 0.1) is 6.92 Å². The first-order valence-electron chi connectivity index (χ1n) is 7.12. The molecule has 1 aliphatic rings. The molecule has 1 saturated heterocycles. The van der Waals surface area contributed by atoms with E-state index in [2.05, 4.69) is 10.2 Å². The topological polar surface area (TPSA) is 67.6 Å². The number of morpholine rings is 1. The van der Waals surface area contributed by atoms with E-state index in [1.807, 2.05) is 19.1 Å². The highest BCUT2D eigenvalue weighted by atomic mass is 16.5. The molecule has 0 aromatic heterocycles. The van der Waals surface area contributed by atoms with E-state index in [-0.39, 0.29) is 5.91 Å². The average Bonchev–Trinajstić information content (AvgIpc) is 2.47. The van der Waals surface area contributed by atoms with Crippen molar-refractivity contribution in [1.82, 2.24) is 10.2 Å². The second-order valence-electron chi connectivity index (χ2n) is 5.10. The number of nitrogen functional groups attached to an aromatic ring is 1. The quantitative estimate of drug-likeness (QED) is 0.623. The maximum Gasteiger partial charge on any atom is 0.253 e. The minimum absolute atomic E-state index is 0.0897. The number of para-hydroxylation sites is 1. The van der Waals surface area contributed by atoms with Gasteiger partial charge in [0.15, 0.2) is 0 Å². The van der Waals surface area contributed by atoms with Gasteiger partial charge in [0.1, 0.15) is 0 Å². The minimum Gasteiger partial charge on any atom is -0.398 e. The molecule has 1 heterocycles. The Morgan fingerprint density at radius 2 is 2.15 bits per heavy atom. The van der Waals surface area contributed by atoms with Gasteiger partial charge in [-0.2, -0.15) is 0 Å². The summed E-state index contributed by atoms with van der Waals surface area (Å²) in [5.74, 6) is -0.0897. The molecule has 0 aliphatic carbocycles. The highest BCUT2D eigenvalue weighted by Gasteiger charge is 2.12. The fourth-order valence-electron chi connectivity index (χ4n) is 2.30. The number of hydrogen-bond acceptors (Lipinski definition) is 4. The summed E-state index contributed by atoms with van der Waals surface area (Å²) in [7, 11) is 0. The molecule has 110 valence electrons. The lowest BCUT2D eigenvalue weighted by Gasteiger charge is -2.26. The number of aryl methyl sites for hydroxylation is 1. The smallest absolute Gasteiger partial charge is 0.253 e. The molecule has 5 heteroatoms. The Labute approximate surface area is 120 Å². The molecule has 2 rings (SSSR count). The molecule has 1 aromatic rings. The Balaban J connectivity index is 1.73. The molecule has 1 fully saturated rings. The van der Waals surface area contributed by atoms with Crippen LogP contribution in [0.5, 0.6) is 0 Å². The highest BCUT2D eigenvalue weighted by Crippen LogP contribution is 2.15. The first kappa shape index (κ1) is 14.8. The van der Waals surface area contributed by atoms with Crippen LogP contribution in [0.25, 0.3) is 0 Å². The summed E-state index contributed by atoms with van der Waals surface area (Å²) in [5, 5.41) is 2.93. The van der Waals surface area contributed by atoms with Crippen molar-refractivity contribution in [3.8, 4) is 0 Å². The Hall–Kier alpha value is -1.59. The second-order valence-corrected chi connectivity index (χ2v) is 5.10. The standard InChI is InChI=1S/C15H23N3O2/c1-12-4-2-5-13(14(12)16)15(19)17-6-3-7-18-8-10-20-11-9-18/h2,4-5H,3,6-11,16H2,1H3,(H,17,19). The van der Waals surface area contributed by atoms with Crippen molar-refractivity contribution < 1.29 is 9.53 Å². The molecule has 0 bridgehead atoms. The number of hydrogen-bond donors (Lipinski definition) is 2. The van der Waals surface area contributed by atoms with Crippen molar-refractivity contribution in [2.75, 3.05) is 45.1 Å². The Bertz CT molecular complexity index is 456. The number of nitrogens with two attached hydrogens (primary N) is 1. The molecular formula is C15H23N3O2. The predicted molar refractivity (Wildman–Crippen MR) is 79.8 cm³/mol. The van der Waals surface area contributed by atoms with E-state index in [4.69, 9.17) is 10.5 Å². The first-order chi connectivity index (χ1) is 9.68. The van der Waals surface area contributed by atoms with Gasteiger partial charge in [-0.05, 0) is 31.5 Å². The second kappa shape index (κ2) is 7.26. The largest absolute Gasteiger partial charge is 0.398 e. The molecule has 0 radical (unpaired) electrons. The lowest BCUT2D eigenvalue weighted by molar-refractivity contribution is 0.0374. The lowest BCUT2D eigenvalue weighted by Crippen LogP contribution is -2.38. The molecule has 1 amide bonds. The summed E-state index contributed by atoms with van der Waals surface area (Å²) in [6.07, 6.45) is 0.942. The minimum atomic E-state index is -0.0897. The van der Waals surface area contributed by atoms with Crippen LogP contribution in [0.3, 0.4) is 0 Å². The van der Waals surface area contributed by atoms with Gasteiger partial charge in [-0.15, -0.1) is 0 Å². The van der Waals surface area contributed by atoms with Gasteiger partial charge in [-0.1, -0.05) is 12.1 Å². The molecule has 5 nitrogen and oxygen atoms in total. The number of rotatable bonds is 5. The molecule has 0 spiro atoms. The summed E-state index contributed by atoms with van der Waals surface area (Å²) < 4.78 is 5.30. The van der Waals surface area contributed by atoms with Crippen molar-refractivity contribution in [1.29, 1.82) is 0 Å². The van der Waals surface area contributed by atoms with E-state index in [0.29, 0.717) is 17.8 Å². The summed E-state index contributed by atoms with van der Waals surface area (Å²) in [6.45, 7) is 7.16. The van der Waals surface area contributed by atoms with Crippen molar-refractivity contribution in [2.45, 2.75) is 13.3 Å². The van der Waals surface area contributed by atoms with Gasteiger partial charge in [0.2, 0.25) is 0 Å². The van der Waals surface area contributed by atoms with Gasteiger partial charge < -0.3 is 15.8 Å². The van der Waals surface area contributed by atoms with Crippen LogP contribution in [-0.4, -0.2) is 50.2 Å². The molecule has 3 N–H and O–H groups in total. The van der Waals surface area contributed by atoms with Crippen LogP contribution in [0.1, 0.15) is 22.3 Å². The predicted octanol–water partition coefficient (Wildman–Crippen LogP) is 1.03. The van der Waals surface area contributed by atoms with E-state index in [1.54, 1.807) is 6.07 Å². The summed E-state index contributed by atoms with van der Waals surface area (Å²) in [6, 6.07) is 5.53. The van der Waals surface area contributed by atoms with Gasteiger partial charge in [-0.3, -0.25) is 9.69 Å². The summed E-state index contributed by atoms with van der Waals surface area (Å²) in [4.78, 5) is 14.4. The Morgan fingerprint density at radius 3 is 2.90 bits per heavy atom. The monoisotopic (exact) mass is 277 g/mol. The average molecular weight is 277 g/mol. The third-order valence-corrected chi connectivity index (χ3v) is 3.61. The third-order valence-electron chi connectivity index (χ3n) is 3.61. The van der Waals surface area contributed by atoms with Crippen molar-refractivity contribution in [2.24, 2.45) is 0 Å². The summed E-state index contributed by atoms with van der Waals surface area (Å²) >= 11 is 0. The van der Waals surface area contributed by atoms with Crippen LogP contribution in [-0.2, 0) is 4.74 Å². The number of nitrogens with zero attached hydrogens (tertiary/aromatic N) is 1. The lowest BCUT2D eigenvalue weighted by atomic mass is 10.1. The number of amides is 1. The molecule has 1 aromatic carbocycles. The fraction of sp³-hybridized carbons (Fsp3) is 0.533. The van der Waals surface area contributed by atoms with Crippen LogP contribution in [0.15, 0.2) is 18.2 Å². The van der Waals surface area contributed by atoms with Gasteiger partial charge in [-0.25, -0.2) is 0 Å². The van der Waals surface area contributed by atoms with Crippen molar-refractivity contribution in [3.05, 3.63) is 29.3 Å². The van der Waals surface area contributed by atoms with Crippen LogP contribution in [0.4, 0.5) is 5.69 Å². The maximum absolute atomic E-state index is 12.0. The SMILES string of the molecule is Cc1cccc(C(=O)NCCCN2CCOCC2)c1N. The third kappa shape index (κ3) is 3.95. The molecule has 0 saturated carbocycles. The molecular weight excluding hydrogens is 254 g/mol. The Kier molecular flexibility index (Phi) is 5.38. The highest BCUT2D eigenvalue weighted by molar-refractivity contribution is 5.99. The molecule has 1 aliphatic heterocycles. The van der Waals surface area contributed by atoms with Crippen molar-refractivity contribution >= 4 is 11.6 Å². The van der Waals surface area contributed by atoms with E-state index in [1.165, 1.54) is 0 Å². The summed E-state index contributed by atoms with van der Waals surface area (Å²) in [5.41, 5.74) is 7.99. The number of ether oxygens (including phenoxy) is 1. The van der Waals surface area contributed by atoms with Gasteiger partial charge in [0.05, 0.1) is 18.8 Å². The van der Waals surface area contributed by atoms with E-state index >= 15 is 0 Å². The number of carbonyl (C=O) groups excluding carboxylic acids is 1. The molecule has 0 atom stereocenters. The zero-order valence-corrected chi connectivity index (χ0v) is 12.0. The van der Waals surface area contributed by atoms with Gasteiger partial charge in [0, 0.05) is 25.3 Å². The zero-order chi connectivity index (χ0) is 14.4. The number of nitrogens with one attached hydrogen (secondary N) is 1. The van der Waals surface area contributed by atoms with Crippen LogP contribution in [0.2, 0.25) is 0 Å². The van der Waals surface area contributed by atoms with Crippen LogP contribution < -0.4 is 11.1 Å². The zero-order valence-electron chi connectivity index (χ0n) is 12.0. The maximum atomic E-state index is 12.0. The van der Waals surface area contributed by atoms with E-state index in [9.17, 15) is 4.79 Å². The number of benzene rings is 1. The molecule has 0 unspecified atom stereocenters. The van der Waals surface area contributed by atoms with E-state index in [0.717, 1.165) is 44.8 Å². The van der Waals surface area contributed by atoms with Crippen molar-refractivity contribution in [3.63, 3.8) is 0 Å². The van der Waals surface area contributed by atoms with Gasteiger partial charge >= 0.3 is 0 Å². The Morgan fingerprint density at radius 1 is 1.40 bits per heavy atom. The first-order valence-corrected chi connectivity index (χ1v) is 7.12. The molecule has 20 heavy (non-hydrogen) atoms. The normalized spacial score (nSPS) is 16.1. The van der Waals surface area contributed by atoms with Gasteiger partial charge in [0.25, 0.3) is 5.91 Å². The fourth-order valence-corrected chi connectivity index (χ4v) is 2.30. The van der Waals surface area contributed by atoms with Crippen LogP contribution >= 0.6 is 0 Å². The van der Waals surface area contributed by atoms with E-state index < -0.39 is 0 Å². The number of carbonyl (C=O) groups is 1. The number of anilines is 1.